The summed E-state index contributed by atoms with van der Waals surface area (Å²) in [4.78, 5) is 0. The van der Waals surface area contributed by atoms with Gasteiger partial charge in [0.1, 0.15) is 0 Å². The molecule has 1 heterocycles. The van der Waals surface area contributed by atoms with Crippen LogP contribution in [0.2, 0.25) is 10.0 Å². The number of hydrogen-bond acceptors (Lipinski definition) is 3. The van der Waals surface area contributed by atoms with E-state index < -0.39 is 6.10 Å². The normalized spacial score (nSPS) is 12.6. The lowest BCUT2D eigenvalue weighted by Crippen LogP contribution is -2.20. The zero-order valence-electron chi connectivity index (χ0n) is 9.57. The number of hydrogen-bond donors (Lipinski definition) is 2. The molecule has 5 heteroatoms. The molecular formula is C13H13Cl2NOS. The maximum atomic E-state index is 9.90. The van der Waals surface area contributed by atoms with Gasteiger partial charge in [-0.3, -0.25) is 0 Å². The quantitative estimate of drug-likeness (QED) is 0.878. The number of thiophene rings is 1. The Balaban J connectivity index is 1.87. The van der Waals surface area contributed by atoms with Crippen molar-refractivity contribution in [3.63, 3.8) is 0 Å². The molecule has 0 bridgehead atoms. The van der Waals surface area contributed by atoms with Crippen molar-refractivity contribution < 1.29 is 5.11 Å². The summed E-state index contributed by atoms with van der Waals surface area (Å²) in [6.07, 6.45) is -0.491. The Bertz CT molecular complexity index is 502. The predicted molar refractivity (Wildman–Crippen MR) is 77.4 cm³/mol. The van der Waals surface area contributed by atoms with E-state index in [1.807, 2.05) is 29.0 Å². The maximum absolute atomic E-state index is 9.90. The molecule has 0 amide bonds. The van der Waals surface area contributed by atoms with E-state index in [0.717, 1.165) is 11.1 Å². The molecule has 0 spiro atoms. The van der Waals surface area contributed by atoms with Crippen LogP contribution in [0.5, 0.6) is 0 Å². The van der Waals surface area contributed by atoms with Crippen LogP contribution in [0.1, 0.15) is 17.2 Å². The summed E-state index contributed by atoms with van der Waals surface area (Å²) in [5.41, 5.74) is 1.87. The molecule has 18 heavy (non-hydrogen) atoms. The molecule has 96 valence electrons. The second-order valence-electron chi connectivity index (χ2n) is 3.92. The molecule has 1 atom stereocenters. The first-order chi connectivity index (χ1) is 8.68. The fourth-order valence-electron chi connectivity index (χ4n) is 1.61. The lowest BCUT2D eigenvalue weighted by atomic mass is 10.2. The summed E-state index contributed by atoms with van der Waals surface area (Å²) in [5.74, 6) is 0. The Morgan fingerprint density at radius 2 is 2.11 bits per heavy atom. The second-order valence-corrected chi connectivity index (χ2v) is 5.48. The van der Waals surface area contributed by atoms with Gasteiger partial charge in [0.15, 0.2) is 0 Å². The summed E-state index contributed by atoms with van der Waals surface area (Å²) in [6.45, 7) is 1.07. The van der Waals surface area contributed by atoms with Crippen LogP contribution < -0.4 is 5.32 Å². The van der Waals surface area contributed by atoms with Gasteiger partial charge in [-0.1, -0.05) is 35.3 Å². The highest BCUT2D eigenvalue weighted by atomic mass is 35.5. The molecule has 0 fully saturated rings. The summed E-state index contributed by atoms with van der Waals surface area (Å²) in [5, 5.41) is 18.1. The monoisotopic (exact) mass is 301 g/mol. The Morgan fingerprint density at radius 3 is 2.83 bits per heavy atom. The first-order valence-corrected chi connectivity index (χ1v) is 7.22. The van der Waals surface area contributed by atoms with E-state index >= 15 is 0 Å². The molecule has 2 N–H and O–H groups in total. The van der Waals surface area contributed by atoms with Crippen LogP contribution in [-0.4, -0.2) is 11.7 Å². The van der Waals surface area contributed by atoms with Gasteiger partial charge in [0, 0.05) is 13.1 Å². The van der Waals surface area contributed by atoms with E-state index in [9.17, 15) is 5.11 Å². The number of nitrogens with one attached hydrogen (secondary N) is 1. The highest BCUT2D eigenvalue weighted by Crippen LogP contribution is 2.25. The van der Waals surface area contributed by atoms with Crippen molar-refractivity contribution in [1.29, 1.82) is 0 Å². The number of aliphatic hydroxyl groups excluding tert-OH is 1. The lowest BCUT2D eigenvalue weighted by Gasteiger charge is -2.11. The van der Waals surface area contributed by atoms with E-state index in [2.05, 4.69) is 5.32 Å². The van der Waals surface area contributed by atoms with Crippen LogP contribution >= 0.6 is 34.5 Å². The average Bonchev–Trinajstić information content (AvgIpc) is 2.88. The predicted octanol–water partition coefficient (Wildman–Crippen LogP) is 3.88. The summed E-state index contributed by atoms with van der Waals surface area (Å²) in [6, 6.07) is 7.45. The van der Waals surface area contributed by atoms with E-state index in [0.29, 0.717) is 23.1 Å². The lowest BCUT2D eigenvalue weighted by molar-refractivity contribution is 0.175. The molecule has 2 nitrogen and oxygen atoms in total. The minimum atomic E-state index is -0.491. The fraction of sp³-hybridized carbons (Fsp3) is 0.231. The molecule has 1 aromatic heterocycles. The van der Waals surface area contributed by atoms with Crippen molar-refractivity contribution in [3.8, 4) is 0 Å². The topological polar surface area (TPSA) is 32.3 Å². The third-order valence-corrected chi connectivity index (χ3v) is 4.17. The van der Waals surface area contributed by atoms with Crippen molar-refractivity contribution in [2.24, 2.45) is 0 Å². The SMILES string of the molecule is OC(CNCc1cccc(Cl)c1Cl)c1ccsc1. The highest BCUT2D eigenvalue weighted by molar-refractivity contribution is 7.07. The molecule has 2 rings (SSSR count). The van der Waals surface area contributed by atoms with Crippen LogP contribution in [0.3, 0.4) is 0 Å². The second kappa shape index (κ2) is 6.55. The van der Waals surface area contributed by atoms with Crippen LogP contribution in [0.4, 0.5) is 0 Å². The van der Waals surface area contributed by atoms with Gasteiger partial charge in [0.05, 0.1) is 16.1 Å². The van der Waals surface area contributed by atoms with E-state index in [4.69, 9.17) is 23.2 Å². The highest BCUT2D eigenvalue weighted by Gasteiger charge is 2.08. The Hall–Kier alpha value is -0.580. The molecule has 0 saturated carbocycles. The summed E-state index contributed by atoms with van der Waals surface area (Å²) >= 11 is 13.6. The largest absolute Gasteiger partial charge is 0.387 e. The summed E-state index contributed by atoms with van der Waals surface area (Å²) < 4.78 is 0. The number of benzene rings is 1. The van der Waals surface area contributed by atoms with Gasteiger partial charge in [-0.05, 0) is 34.0 Å². The Kier molecular flexibility index (Phi) is 5.03. The van der Waals surface area contributed by atoms with Gasteiger partial charge < -0.3 is 10.4 Å². The van der Waals surface area contributed by atoms with E-state index in [1.54, 1.807) is 17.4 Å². The van der Waals surface area contributed by atoms with Crippen LogP contribution in [0.25, 0.3) is 0 Å². The van der Waals surface area contributed by atoms with Gasteiger partial charge in [0.2, 0.25) is 0 Å². The molecule has 0 radical (unpaired) electrons. The number of rotatable bonds is 5. The maximum Gasteiger partial charge on any atom is 0.0922 e. The smallest absolute Gasteiger partial charge is 0.0922 e. The van der Waals surface area contributed by atoms with Gasteiger partial charge in [-0.2, -0.15) is 11.3 Å². The number of halogens is 2. The van der Waals surface area contributed by atoms with Crippen molar-refractivity contribution >= 4 is 34.5 Å². The third-order valence-electron chi connectivity index (χ3n) is 2.61. The van der Waals surface area contributed by atoms with Crippen LogP contribution in [0.15, 0.2) is 35.0 Å². The van der Waals surface area contributed by atoms with E-state index in [1.165, 1.54) is 0 Å². The van der Waals surface area contributed by atoms with Gasteiger partial charge >= 0.3 is 0 Å². The molecule has 0 aliphatic rings. The molecular weight excluding hydrogens is 289 g/mol. The minimum absolute atomic E-state index is 0.486. The van der Waals surface area contributed by atoms with Crippen molar-refractivity contribution in [2.75, 3.05) is 6.54 Å². The van der Waals surface area contributed by atoms with E-state index in [-0.39, 0.29) is 0 Å². The summed E-state index contributed by atoms with van der Waals surface area (Å²) in [7, 11) is 0. The zero-order chi connectivity index (χ0) is 13.0. The first kappa shape index (κ1) is 13.8. The van der Waals surface area contributed by atoms with Crippen LogP contribution in [-0.2, 0) is 6.54 Å². The van der Waals surface area contributed by atoms with Gasteiger partial charge in [-0.25, -0.2) is 0 Å². The first-order valence-electron chi connectivity index (χ1n) is 5.52. The third kappa shape index (κ3) is 3.46. The molecule has 1 aromatic carbocycles. The van der Waals surface area contributed by atoms with Gasteiger partial charge in [0.25, 0.3) is 0 Å². The molecule has 1 unspecified atom stereocenters. The Morgan fingerprint density at radius 1 is 1.28 bits per heavy atom. The average molecular weight is 302 g/mol. The van der Waals surface area contributed by atoms with Crippen molar-refractivity contribution in [2.45, 2.75) is 12.6 Å². The molecule has 0 aliphatic carbocycles. The fourth-order valence-corrected chi connectivity index (χ4v) is 2.70. The minimum Gasteiger partial charge on any atom is -0.387 e. The van der Waals surface area contributed by atoms with Crippen LogP contribution in [0, 0.1) is 0 Å². The molecule has 0 saturated heterocycles. The standard InChI is InChI=1S/C13H13Cl2NOS/c14-11-3-1-2-9(13(11)15)6-16-7-12(17)10-4-5-18-8-10/h1-5,8,12,16-17H,6-7H2. The zero-order valence-corrected chi connectivity index (χ0v) is 11.9. The van der Waals surface area contributed by atoms with Crippen molar-refractivity contribution in [3.05, 3.63) is 56.2 Å². The molecule has 2 aromatic rings. The number of aliphatic hydroxyl groups is 1. The molecule has 0 aliphatic heterocycles. The van der Waals surface area contributed by atoms with Gasteiger partial charge in [-0.15, -0.1) is 0 Å². The Labute approximate surface area is 120 Å². The van der Waals surface area contributed by atoms with Crippen molar-refractivity contribution in [1.82, 2.24) is 5.32 Å².